The third-order valence-electron chi connectivity index (χ3n) is 7.39. The van der Waals surface area contributed by atoms with E-state index in [1.165, 1.54) is 0 Å². The van der Waals surface area contributed by atoms with E-state index in [0.29, 0.717) is 0 Å². The van der Waals surface area contributed by atoms with Crippen molar-refractivity contribution in [1.29, 1.82) is 0 Å². The topological polar surface area (TPSA) is 282 Å². The van der Waals surface area contributed by atoms with Gasteiger partial charge in [0, 0.05) is 65.4 Å². The number of carboxylic acids is 3. The van der Waals surface area contributed by atoms with Gasteiger partial charge < -0.3 is 55.9 Å². The molecule has 2 aliphatic rings. The minimum atomic E-state index is -1.69. The van der Waals surface area contributed by atoms with E-state index in [1.807, 2.05) is 0 Å². The molecule has 5 atom stereocenters. The van der Waals surface area contributed by atoms with Crippen molar-refractivity contribution in [2.24, 2.45) is 0 Å². The first kappa shape index (κ1) is 39.1. The summed E-state index contributed by atoms with van der Waals surface area (Å²) < 4.78 is 10.1. The molecule has 9 N–H and O–H groups in total. The Morgan fingerprint density at radius 1 is 0.630 bits per heavy atom. The predicted molar refractivity (Wildman–Crippen MR) is 154 cm³/mol. The molecule has 0 aliphatic carbocycles. The molecule has 46 heavy (non-hydrogen) atoms. The molecule has 0 saturated carbocycles. The molecule has 0 aromatic rings. The van der Waals surface area contributed by atoms with Gasteiger partial charge in [0.05, 0.1) is 32.8 Å². The molecular formula is C26H46N6O14. The Labute approximate surface area is 265 Å². The number of carbonyl (C=O) groups is 5. The van der Waals surface area contributed by atoms with Gasteiger partial charge in [0.1, 0.15) is 31.0 Å². The van der Waals surface area contributed by atoms with E-state index >= 15 is 0 Å². The zero-order chi connectivity index (χ0) is 34.2. The van der Waals surface area contributed by atoms with Gasteiger partial charge in [-0.3, -0.25) is 43.6 Å². The van der Waals surface area contributed by atoms with Crippen LogP contribution in [0.5, 0.6) is 0 Å². The van der Waals surface area contributed by atoms with Crippen molar-refractivity contribution in [3.63, 3.8) is 0 Å². The number of ether oxygens (including phenoxy) is 2. The summed E-state index contributed by atoms with van der Waals surface area (Å²) in [6, 6.07) is 0. The van der Waals surface area contributed by atoms with E-state index in [-0.39, 0.29) is 91.6 Å². The molecule has 0 spiro atoms. The van der Waals surface area contributed by atoms with Gasteiger partial charge in [-0.15, -0.1) is 0 Å². The van der Waals surface area contributed by atoms with Crippen LogP contribution in [0.15, 0.2) is 0 Å². The molecule has 20 heteroatoms. The molecule has 0 radical (unpaired) electrons. The number of carbonyl (C=O) groups excluding carboxylic acids is 2. The molecule has 2 heterocycles. The monoisotopic (exact) mass is 666 g/mol. The van der Waals surface area contributed by atoms with E-state index in [4.69, 9.17) is 14.6 Å². The van der Waals surface area contributed by atoms with Crippen LogP contribution < -0.4 is 10.6 Å². The molecule has 0 bridgehead atoms. The van der Waals surface area contributed by atoms with Crippen molar-refractivity contribution in [3.05, 3.63) is 0 Å². The second kappa shape index (κ2) is 20.2. The fourth-order valence-electron chi connectivity index (χ4n) is 4.92. The number of nitrogens with one attached hydrogen (secondary N) is 2. The molecule has 2 amide bonds. The summed E-state index contributed by atoms with van der Waals surface area (Å²) >= 11 is 0. The SMILES string of the molecule is O=C(O)CN1CCN(CC(=O)O)CCN(CC(=O)NCCNC(=O)COC2[C@@H](O)[C@H](O)[C@@H](CO)O[C@@H]2O)CCN(CC(=O)O)CC1. The summed E-state index contributed by atoms with van der Waals surface area (Å²) in [6.45, 7) is -0.131. The molecule has 2 fully saturated rings. The van der Waals surface area contributed by atoms with Gasteiger partial charge in [-0.2, -0.15) is 0 Å². The highest BCUT2D eigenvalue weighted by atomic mass is 16.7. The first-order chi connectivity index (χ1) is 21.8. The number of nitrogens with zero attached hydrogens (tertiary/aromatic N) is 4. The fraction of sp³-hybridized carbons (Fsp3) is 0.808. The Balaban J connectivity index is 1.87. The van der Waals surface area contributed by atoms with Crippen LogP contribution in [0.3, 0.4) is 0 Å². The predicted octanol–water partition coefficient (Wildman–Crippen LogP) is -6.49. The standard InChI is InChI=1S/C26H46N6O14/c33-15-17-23(42)24(43)25(26(44)46-17)45-16-19(35)28-2-1-27-18(34)11-29-3-5-30(12-20(36)37)7-9-32(14-22(40)41)10-8-31(6-4-29)13-21(38)39/h17,23-26,33,42-44H,1-16H2,(H,27,34)(H,28,35)(H,36,37)(H,38,39)(H,40,41)/t17-,23-,24+,25?,26+/m1/s1. The van der Waals surface area contributed by atoms with Gasteiger partial charge in [-0.05, 0) is 0 Å². The Morgan fingerprint density at radius 3 is 1.41 bits per heavy atom. The Bertz CT molecular complexity index is 976. The summed E-state index contributed by atoms with van der Waals surface area (Å²) in [5.74, 6) is -4.23. The van der Waals surface area contributed by atoms with E-state index in [2.05, 4.69) is 10.6 Å². The Kier molecular flexibility index (Phi) is 17.2. The molecule has 0 aromatic carbocycles. The quantitative estimate of drug-likeness (QED) is 0.0735. The first-order valence-electron chi connectivity index (χ1n) is 14.8. The van der Waals surface area contributed by atoms with Crippen molar-refractivity contribution in [3.8, 4) is 0 Å². The van der Waals surface area contributed by atoms with Crippen LogP contribution in [0.1, 0.15) is 0 Å². The van der Waals surface area contributed by atoms with Gasteiger partial charge in [0.25, 0.3) is 0 Å². The summed E-state index contributed by atoms with van der Waals surface area (Å²) in [5, 5.41) is 72.1. The molecule has 20 nitrogen and oxygen atoms in total. The Morgan fingerprint density at radius 2 is 1.02 bits per heavy atom. The molecule has 2 saturated heterocycles. The average Bonchev–Trinajstić information content (AvgIpc) is 2.97. The second-order valence-electron chi connectivity index (χ2n) is 11.0. The van der Waals surface area contributed by atoms with Crippen molar-refractivity contribution in [2.75, 3.05) is 105 Å². The minimum absolute atomic E-state index is 0.00103. The lowest BCUT2D eigenvalue weighted by molar-refractivity contribution is -0.295. The van der Waals surface area contributed by atoms with E-state index < -0.39 is 73.6 Å². The summed E-state index contributed by atoms with van der Waals surface area (Å²) in [6.07, 6.45) is -7.49. The first-order valence-corrected chi connectivity index (χ1v) is 14.8. The highest BCUT2D eigenvalue weighted by Gasteiger charge is 2.44. The number of hydrogen-bond donors (Lipinski definition) is 9. The summed E-state index contributed by atoms with van der Waals surface area (Å²) in [5.41, 5.74) is 0. The highest BCUT2D eigenvalue weighted by molar-refractivity contribution is 5.79. The van der Waals surface area contributed by atoms with Gasteiger partial charge in [-0.1, -0.05) is 0 Å². The molecule has 0 aromatic heterocycles. The smallest absolute Gasteiger partial charge is 0.317 e. The van der Waals surface area contributed by atoms with Crippen molar-refractivity contribution in [1.82, 2.24) is 30.2 Å². The van der Waals surface area contributed by atoms with E-state index in [1.54, 1.807) is 19.6 Å². The van der Waals surface area contributed by atoms with Crippen LogP contribution in [0, 0.1) is 0 Å². The molecule has 264 valence electrons. The maximum Gasteiger partial charge on any atom is 0.317 e. The lowest BCUT2D eigenvalue weighted by Gasteiger charge is -2.39. The lowest BCUT2D eigenvalue weighted by Crippen LogP contribution is -2.59. The van der Waals surface area contributed by atoms with Crippen LogP contribution in [0.4, 0.5) is 0 Å². The largest absolute Gasteiger partial charge is 0.480 e. The third-order valence-corrected chi connectivity index (χ3v) is 7.39. The number of rotatable bonds is 15. The molecule has 1 unspecified atom stereocenters. The maximum absolute atomic E-state index is 12.7. The van der Waals surface area contributed by atoms with Gasteiger partial charge in [-0.25, -0.2) is 0 Å². The number of aliphatic hydroxyl groups excluding tert-OH is 4. The number of amides is 2. The lowest BCUT2D eigenvalue weighted by atomic mass is 9.99. The summed E-state index contributed by atoms with van der Waals surface area (Å²) in [4.78, 5) is 65.6. The van der Waals surface area contributed by atoms with Crippen LogP contribution in [-0.4, -0.2) is 221 Å². The molecule has 2 aliphatic heterocycles. The van der Waals surface area contributed by atoms with E-state index in [0.717, 1.165) is 0 Å². The number of carboxylic acid groups (broad SMARTS) is 3. The maximum atomic E-state index is 12.7. The highest BCUT2D eigenvalue weighted by Crippen LogP contribution is 2.22. The Hall–Kier alpha value is -3.05. The number of aliphatic hydroxyl groups is 4. The number of hydrogen-bond acceptors (Lipinski definition) is 15. The number of aliphatic carboxylic acids is 3. The van der Waals surface area contributed by atoms with Crippen molar-refractivity contribution >= 4 is 29.7 Å². The zero-order valence-corrected chi connectivity index (χ0v) is 25.5. The fourth-order valence-corrected chi connectivity index (χ4v) is 4.92. The minimum Gasteiger partial charge on any atom is -0.480 e. The van der Waals surface area contributed by atoms with Crippen molar-refractivity contribution in [2.45, 2.75) is 30.7 Å². The second-order valence-corrected chi connectivity index (χ2v) is 11.0. The van der Waals surface area contributed by atoms with E-state index in [9.17, 15) is 54.6 Å². The molecular weight excluding hydrogens is 620 g/mol. The molecule has 2 rings (SSSR count). The average molecular weight is 667 g/mol. The van der Waals surface area contributed by atoms with Crippen molar-refractivity contribution < 1.29 is 69.2 Å². The van der Waals surface area contributed by atoms with Gasteiger partial charge in [0.15, 0.2) is 6.29 Å². The summed E-state index contributed by atoms with van der Waals surface area (Å²) in [7, 11) is 0. The van der Waals surface area contributed by atoms with Crippen LogP contribution in [0.2, 0.25) is 0 Å². The van der Waals surface area contributed by atoms with Crippen LogP contribution in [0.25, 0.3) is 0 Å². The van der Waals surface area contributed by atoms with Crippen LogP contribution in [-0.2, 0) is 33.4 Å². The van der Waals surface area contributed by atoms with Crippen LogP contribution >= 0.6 is 0 Å². The third kappa shape index (κ3) is 14.6. The van der Waals surface area contributed by atoms with Gasteiger partial charge >= 0.3 is 17.9 Å². The zero-order valence-electron chi connectivity index (χ0n) is 25.5. The normalized spacial score (nSPS) is 26.4. The van der Waals surface area contributed by atoms with Gasteiger partial charge in [0.2, 0.25) is 11.8 Å².